The third-order valence-corrected chi connectivity index (χ3v) is 6.90. The normalized spacial score (nSPS) is 14.9. The number of para-hydroxylation sites is 2. The van der Waals surface area contributed by atoms with Gasteiger partial charge in [0.15, 0.2) is 5.13 Å². The van der Waals surface area contributed by atoms with Crippen LogP contribution in [0, 0.1) is 16.0 Å². The first kappa shape index (κ1) is 24.3. The van der Waals surface area contributed by atoms with Crippen LogP contribution in [0.4, 0.5) is 16.5 Å². The highest BCUT2D eigenvalue weighted by atomic mass is 32.1. The summed E-state index contributed by atoms with van der Waals surface area (Å²) in [4.78, 5) is 41.6. The van der Waals surface area contributed by atoms with E-state index in [1.807, 2.05) is 41.5 Å². The molecule has 1 fully saturated rings. The van der Waals surface area contributed by atoms with Gasteiger partial charge in [0.25, 0.3) is 5.69 Å². The van der Waals surface area contributed by atoms with Crippen molar-refractivity contribution in [1.29, 1.82) is 0 Å². The fourth-order valence-electron chi connectivity index (χ4n) is 4.27. The van der Waals surface area contributed by atoms with Crippen LogP contribution in [0.2, 0.25) is 0 Å². The predicted molar refractivity (Wildman–Crippen MR) is 136 cm³/mol. The van der Waals surface area contributed by atoms with Crippen LogP contribution in [0.3, 0.4) is 0 Å². The molecule has 182 valence electrons. The molecule has 1 aliphatic rings. The first-order valence-electron chi connectivity index (χ1n) is 11.4. The lowest BCUT2D eigenvalue weighted by molar-refractivity contribution is -0.384. The van der Waals surface area contributed by atoms with Crippen molar-refractivity contribution < 1.29 is 14.5 Å². The van der Waals surface area contributed by atoms with Gasteiger partial charge in [0.2, 0.25) is 11.8 Å². The first-order valence-corrected chi connectivity index (χ1v) is 12.3. The van der Waals surface area contributed by atoms with E-state index >= 15 is 0 Å². The summed E-state index contributed by atoms with van der Waals surface area (Å²) in [5.74, 6) is -0.322. The van der Waals surface area contributed by atoms with Crippen LogP contribution in [0.15, 0.2) is 53.9 Å². The second-order valence-corrected chi connectivity index (χ2v) is 9.44. The number of thiazole rings is 1. The Balaban J connectivity index is 1.34. The minimum absolute atomic E-state index is 0.0754. The Morgan fingerprint density at radius 3 is 2.49 bits per heavy atom. The van der Waals surface area contributed by atoms with Crippen molar-refractivity contribution in [3.8, 4) is 11.3 Å². The number of nitrogens with one attached hydrogen (secondary N) is 2. The van der Waals surface area contributed by atoms with E-state index in [2.05, 4.69) is 15.6 Å². The maximum Gasteiger partial charge on any atom is 0.292 e. The SMILES string of the molecule is CC(=O)NC(C)c1ccc(-c2csc(NC(=O)C3CCN(c4ccccc4[N+](=O)[O-])CC3)n2)cc1. The Labute approximate surface area is 207 Å². The largest absolute Gasteiger partial charge is 0.366 e. The van der Waals surface area contributed by atoms with E-state index < -0.39 is 0 Å². The standard InChI is InChI=1S/C25H27N5O4S/c1-16(26-17(2)31)18-7-9-19(10-8-18)21-15-35-25(27-21)28-24(32)20-11-13-29(14-12-20)22-5-3-4-6-23(22)30(33)34/h3-10,15-16,20H,11-14H2,1-2H3,(H,26,31)(H,27,28,32). The van der Waals surface area contributed by atoms with Crippen LogP contribution in [-0.2, 0) is 9.59 Å². The number of rotatable bonds is 7. The van der Waals surface area contributed by atoms with Crippen molar-refractivity contribution in [2.24, 2.45) is 5.92 Å². The number of nitro benzene ring substituents is 1. The van der Waals surface area contributed by atoms with Crippen molar-refractivity contribution in [1.82, 2.24) is 10.3 Å². The van der Waals surface area contributed by atoms with E-state index in [1.54, 1.807) is 18.2 Å². The Hall–Kier alpha value is -3.79. The van der Waals surface area contributed by atoms with Gasteiger partial charge in [-0.15, -0.1) is 11.3 Å². The lowest BCUT2D eigenvalue weighted by Gasteiger charge is -2.32. The van der Waals surface area contributed by atoms with Crippen LogP contribution < -0.4 is 15.5 Å². The van der Waals surface area contributed by atoms with Gasteiger partial charge in [0.1, 0.15) is 5.69 Å². The summed E-state index contributed by atoms with van der Waals surface area (Å²) < 4.78 is 0. The first-order chi connectivity index (χ1) is 16.8. The number of hydrogen-bond donors (Lipinski definition) is 2. The predicted octanol–water partition coefficient (Wildman–Crippen LogP) is 4.77. The van der Waals surface area contributed by atoms with Gasteiger partial charge in [-0.2, -0.15) is 0 Å². The van der Waals surface area contributed by atoms with E-state index in [0.717, 1.165) is 16.8 Å². The molecule has 0 bridgehead atoms. The maximum absolute atomic E-state index is 12.8. The van der Waals surface area contributed by atoms with Crippen molar-refractivity contribution in [2.45, 2.75) is 32.7 Å². The molecule has 10 heteroatoms. The number of nitrogens with zero attached hydrogens (tertiary/aromatic N) is 3. The molecule has 2 heterocycles. The van der Waals surface area contributed by atoms with Gasteiger partial charge >= 0.3 is 0 Å². The molecule has 4 rings (SSSR count). The summed E-state index contributed by atoms with van der Waals surface area (Å²) in [6.45, 7) is 4.58. The van der Waals surface area contributed by atoms with E-state index in [9.17, 15) is 19.7 Å². The highest BCUT2D eigenvalue weighted by Crippen LogP contribution is 2.32. The fourth-order valence-corrected chi connectivity index (χ4v) is 4.99. The van der Waals surface area contributed by atoms with Crippen LogP contribution in [0.25, 0.3) is 11.3 Å². The summed E-state index contributed by atoms with van der Waals surface area (Å²) in [5, 5.41) is 19.6. The smallest absolute Gasteiger partial charge is 0.292 e. The zero-order valence-electron chi connectivity index (χ0n) is 19.6. The van der Waals surface area contributed by atoms with Crippen molar-refractivity contribution in [3.05, 3.63) is 69.6 Å². The van der Waals surface area contributed by atoms with Crippen LogP contribution in [0.1, 0.15) is 38.3 Å². The Kier molecular flexibility index (Phi) is 7.40. The van der Waals surface area contributed by atoms with Crippen molar-refractivity contribution in [3.63, 3.8) is 0 Å². The topological polar surface area (TPSA) is 117 Å². The number of aromatic nitrogens is 1. The van der Waals surface area contributed by atoms with Gasteiger partial charge in [-0.3, -0.25) is 19.7 Å². The number of carbonyl (C=O) groups excluding carboxylic acids is 2. The Bertz CT molecular complexity index is 1220. The van der Waals surface area contributed by atoms with E-state index in [1.165, 1.54) is 24.3 Å². The van der Waals surface area contributed by atoms with Crippen molar-refractivity contribution >= 4 is 39.7 Å². The average molecular weight is 494 g/mol. The molecule has 1 saturated heterocycles. The maximum atomic E-state index is 12.8. The fraction of sp³-hybridized carbons (Fsp3) is 0.320. The number of carbonyl (C=O) groups is 2. The summed E-state index contributed by atoms with van der Waals surface area (Å²) in [6, 6.07) is 14.4. The number of nitro groups is 1. The molecule has 0 saturated carbocycles. The number of amides is 2. The highest BCUT2D eigenvalue weighted by Gasteiger charge is 2.28. The molecule has 0 aliphatic carbocycles. The Morgan fingerprint density at radius 1 is 1.14 bits per heavy atom. The molecule has 0 radical (unpaired) electrons. The third-order valence-electron chi connectivity index (χ3n) is 6.15. The minimum Gasteiger partial charge on any atom is -0.366 e. The lowest BCUT2D eigenvalue weighted by Crippen LogP contribution is -2.38. The molecule has 2 amide bonds. The highest BCUT2D eigenvalue weighted by molar-refractivity contribution is 7.14. The molecule has 2 N–H and O–H groups in total. The second kappa shape index (κ2) is 10.6. The number of benzene rings is 2. The summed E-state index contributed by atoms with van der Waals surface area (Å²) >= 11 is 1.37. The summed E-state index contributed by atoms with van der Waals surface area (Å²) in [7, 11) is 0. The zero-order valence-corrected chi connectivity index (χ0v) is 20.4. The van der Waals surface area contributed by atoms with Crippen LogP contribution >= 0.6 is 11.3 Å². The molecule has 0 spiro atoms. The van der Waals surface area contributed by atoms with Gasteiger partial charge in [0, 0.05) is 42.9 Å². The van der Waals surface area contributed by atoms with Crippen LogP contribution in [0.5, 0.6) is 0 Å². The molecule has 9 nitrogen and oxygen atoms in total. The molecule has 35 heavy (non-hydrogen) atoms. The molecular weight excluding hydrogens is 466 g/mol. The monoisotopic (exact) mass is 493 g/mol. The van der Waals surface area contributed by atoms with Crippen molar-refractivity contribution in [2.75, 3.05) is 23.3 Å². The van der Waals surface area contributed by atoms with Gasteiger partial charge in [-0.1, -0.05) is 36.4 Å². The van der Waals surface area contributed by atoms with E-state index in [4.69, 9.17) is 0 Å². The molecular formula is C25H27N5O4S. The Morgan fingerprint density at radius 2 is 1.83 bits per heavy atom. The lowest BCUT2D eigenvalue weighted by atomic mass is 9.95. The molecule has 1 aromatic heterocycles. The number of piperidine rings is 1. The second-order valence-electron chi connectivity index (χ2n) is 8.58. The average Bonchev–Trinajstić information content (AvgIpc) is 3.32. The van der Waals surface area contributed by atoms with Gasteiger partial charge < -0.3 is 15.5 Å². The molecule has 1 atom stereocenters. The quantitative estimate of drug-likeness (QED) is 0.362. The number of hydrogen-bond acceptors (Lipinski definition) is 7. The van der Waals surface area contributed by atoms with Gasteiger partial charge in [-0.25, -0.2) is 4.98 Å². The van der Waals surface area contributed by atoms with Crippen LogP contribution in [-0.4, -0.2) is 34.8 Å². The summed E-state index contributed by atoms with van der Waals surface area (Å²) in [5.41, 5.74) is 3.38. The molecule has 3 aromatic rings. The molecule has 2 aromatic carbocycles. The molecule has 1 unspecified atom stereocenters. The minimum atomic E-state index is -0.370. The van der Waals surface area contributed by atoms with E-state index in [-0.39, 0.29) is 34.4 Å². The van der Waals surface area contributed by atoms with E-state index in [0.29, 0.717) is 36.8 Å². The number of anilines is 2. The summed E-state index contributed by atoms with van der Waals surface area (Å²) in [6.07, 6.45) is 1.23. The molecule has 1 aliphatic heterocycles. The zero-order chi connectivity index (χ0) is 24.9. The van der Waals surface area contributed by atoms with Gasteiger partial charge in [0.05, 0.1) is 16.7 Å². The third kappa shape index (κ3) is 5.83. The van der Waals surface area contributed by atoms with Gasteiger partial charge in [-0.05, 0) is 31.4 Å².